The van der Waals surface area contributed by atoms with Gasteiger partial charge in [-0.3, -0.25) is 0 Å². The summed E-state index contributed by atoms with van der Waals surface area (Å²) in [5.74, 6) is 0. The van der Waals surface area contributed by atoms with E-state index in [2.05, 4.69) is 11.0 Å². The number of rotatable bonds is 4. The van der Waals surface area contributed by atoms with E-state index in [1.165, 1.54) is 12.1 Å². The van der Waals surface area contributed by atoms with E-state index in [0.717, 1.165) is 25.7 Å². The van der Waals surface area contributed by atoms with E-state index in [0.29, 0.717) is 5.25 Å². The number of anilines is 1. The molecule has 1 aromatic carbocycles. The molecule has 0 aliphatic heterocycles. The summed E-state index contributed by atoms with van der Waals surface area (Å²) in [6.07, 6.45) is 5.80. The molecule has 1 aliphatic carbocycles. The monoisotopic (exact) mass is 368 g/mol. The summed E-state index contributed by atoms with van der Waals surface area (Å²) in [5.41, 5.74) is 5.78. The van der Waals surface area contributed by atoms with Crippen LogP contribution in [0.5, 0.6) is 0 Å². The molecule has 0 unspecified atom stereocenters. The Bertz CT molecular complexity index is 615. The first-order chi connectivity index (χ1) is 9.85. The molecule has 0 radical (unpaired) electrons. The van der Waals surface area contributed by atoms with Gasteiger partial charge >= 0.3 is 0 Å². The molecule has 2 rings (SSSR count). The molecule has 0 spiro atoms. The van der Waals surface area contributed by atoms with Crippen LogP contribution >= 0.6 is 35.0 Å². The highest BCUT2D eigenvalue weighted by molar-refractivity contribution is 7.99. The lowest BCUT2D eigenvalue weighted by Crippen LogP contribution is -2.38. The minimum Gasteiger partial charge on any atom is -0.396 e. The predicted octanol–water partition coefficient (Wildman–Crippen LogP) is 3.53. The Hall–Kier alpha value is -0.140. The van der Waals surface area contributed by atoms with E-state index in [9.17, 15) is 8.42 Å². The van der Waals surface area contributed by atoms with Crippen molar-refractivity contribution in [2.24, 2.45) is 0 Å². The third kappa shape index (κ3) is 3.99. The van der Waals surface area contributed by atoms with Gasteiger partial charge in [0.25, 0.3) is 0 Å². The zero-order chi connectivity index (χ0) is 15.6. The van der Waals surface area contributed by atoms with Crippen LogP contribution in [0, 0.1) is 0 Å². The van der Waals surface area contributed by atoms with Gasteiger partial charge in [0.1, 0.15) is 4.90 Å². The predicted molar refractivity (Wildman–Crippen MR) is 90.8 cm³/mol. The van der Waals surface area contributed by atoms with Crippen LogP contribution in [0.4, 0.5) is 5.69 Å². The number of hydrogen-bond donors (Lipinski definition) is 2. The minimum absolute atomic E-state index is 0.0157. The number of nitrogen functional groups attached to an aromatic ring is 1. The Morgan fingerprint density at radius 2 is 1.86 bits per heavy atom. The van der Waals surface area contributed by atoms with Gasteiger partial charge in [0.2, 0.25) is 10.0 Å². The average Bonchev–Trinajstić information content (AvgIpc) is 2.45. The lowest BCUT2D eigenvalue weighted by Gasteiger charge is -2.28. The normalized spacial score (nSPS) is 23.2. The van der Waals surface area contributed by atoms with E-state index < -0.39 is 10.0 Å². The number of sulfonamides is 1. The highest BCUT2D eigenvalue weighted by Gasteiger charge is 2.27. The van der Waals surface area contributed by atoms with Crippen molar-refractivity contribution in [2.75, 3.05) is 12.0 Å². The quantitative estimate of drug-likeness (QED) is 0.797. The summed E-state index contributed by atoms with van der Waals surface area (Å²) < 4.78 is 27.6. The van der Waals surface area contributed by atoms with Gasteiger partial charge in [0.15, 0.2) is 0 Å². The van der Waals surface area contributed by atoms with E-state index in [-0.39, 0.29) is 26.7 Å². The summed E-state index contributed by atoms with van der Waals surface area (Å²) in [6, 6.07) is 2.78. The maximum absolute atomic E-state index is 12.4. The van der Waals surface area contributed by atoms with Crippen molar-refractivity contribution in [3.05, 3.63) is 22.2 Å². The molecule has 0 amide bonds. The number of nitrogens with one attached hydrogen (secondary N) is 1. The largest absolute Gasteiger partial charge is 0.396 e. The second kappa shape index (κ2) is 6.96. The molecule has 1 fully saturated rings. The first-order valence-electron chi connectivity index (χ1n) is 6.63. The molecule has 0 aromatic heterocycles. The van der Waals surface area contributed by atoms with E-state index >= 15 is 0 Å². The highest BCUT2D eigenvalue weighted by atomic mass is 35.5. The van der Waals surface area contributed by atoms with Crippen LogP contribution in [0.2, 0.25) is 10.0 Å². The van der Waals surface area contributed by atoms with Gasteiger partial charge in [-0.05, 0) is 44.1 Å². The summed E-state index contributed by atoms with van der Waals surface area (Å²) in [5, 5.41) is 0.854. The molecule has 0 saturated heterocycles. The Morgan fingerprint density at radius 3 is 2.43 bits per heavy atom. The second-order valence-corrected chi connectivity index (χ2v) is 8.71. The van der Waals surface area contributed by atoms with Crippen LogP contribution in [0.25, 0.3) is 0 Å². The number of halogens is 2. The van der Waals surface area contributed by atoms with Gasteiger partial charge in [0.05, 0.1) is 15.7 Å². The molecule has 4 nitrogen and oxygen atoms in total. The molecule has 118 valence electrons. The van der Waals surface area contributed by atoms with Gasteiger partial charge in [0, 0.05) is 11.3 Å². The van der Waals surface area contributed by atoms with E-state index in [1.54, 1.807) is 0 Å². The standard InChI is InChI=1S/C13H18Cl2N2O2S2/c1-20-9-4-2-8(3-5-9)17-21(18,19)11-7-6-10(14)13(16)12(11)15/h6-9,17H,2-5,16H2,1H3. The average molecular weight is 369 g/mol. The van der Waals surface area contributed by atoms with Crippen molar-refractivity contribution in [1.82, 2.24) is 4.72 Å². The van der Waals surface area contributed by atoms with Crippen LogP contribution in [-0.2, 0) is 10.0 Å². The van der Waals surface area contributed by atoms with Gasteiger partial charge < -0.3 is 5.73 Å². The summed E-state index contributed by atoms with van der Waals surface area (Å²) in [4.78, 5) is -0.0157. The molecule has 21 heavy (non-hydrogen) atoms. The summed E-state index contributed by atoms with van der Waals surface area (Å²) in [7, 11) is -3.68. The van der Waals surface area contributed by atoms with E-state index in [4.69, 9.17) is 28.9 Å². The van der Waals surface area contributed by atoms with Crippen LogP contribution < -0.4 is 10.5 Å². The van der Waals surface area contributed by atoms with Crippen molar-refractivity contribution in [1.29, 1.82) is 0 Å². The maximum Gasteiger partial charge on any atom is 0.242 e. The van der Waals surface area contributed by atoms with Crippen LogP contribution in [-0.4, -0.2) is 26.0 Å². The molecule has 1 aromatic rings. The summed E-state index contributed by atoms with van der Waals surface area (Å²) >= 11 is 13.7. The molecule has 0 heterocycles. The first kappa shape index (κ1) is 17.2. The number of benzene rings is 1. The second-order valence-electron chi connectivity index (χ2n) is 5.10. The zero-order valence-corrected chi connectivity index (χ0v) is 14.7. The lowest BCUT2D eigenvalue weighted by atomic mass is 9.96. The minimum atomic E-state index is -3.68. The third-order valence-corrected chi connectivity index (χ3v) is 7.26. The summed E-state index contributed by atoms with van der Waals surface area (Å²) in [6.45, 7) is 0. The number of thioether (sulfide) groups is 1. The van der Waals surface area contributed by atoms with Gasteiger partial charge in [-0.2, -0.15) is 11.8 Å². The highest BCUT2D eigenvalue weighted by Crippen LogP contribution is 2.34. The number of hydrogen-bond acceptors (Lipinski definition) is 4. The maximum atomic E-state index is 12.4. The smallest absolute Gasteiger partial charge is 0.242 e. The lowest BCUT2D eigenvalue weighted by molar-refractivity contribution is 0.420. The van der Waals surface area contributed by atoms with Crippen molar-refractivity contribution < 1.29 is 8.42 Å². The SMILES string of the molecule is CSC1CCC(NS(=O)(=O)c2ccc(Cl)c(N)c2Cl)CC1. The van der Waals surface area contributed by atoms with Gasteiger partial charge in [-0.1, -0.05) is 23.2 Å². The molecular weight excluding hydrogens is 351 g/mol. The van der Waals surface area contributed by atoms with Gasteiger partial charge in [-0.25, -0.2) is 13.1 Å². The Morgan fingerprint density at radius 1 is 1.24 bits per heavy atom. The zero-order valence-electron chi connectivity index (χ0n) is 11.6. The Kier molecular flexibility index (Phi) is 5.71. The molecule has 1 saturated carbocycles. The van der Waals surface area contributed by atoms with Crippen LogP contribution in [0.15, 0.2) is 17.0 Å². The molecule has 0 bridgehead atoms. The van der Waals surface area contributed by atoms with Crippen LogP contribution in [0.1, 0.15) is 25.7 Å². The van der Waals surface area contributed by atoms with E-state index in [1.807, 2.05) is 11.8 Å². The molecule has 8 heteroatoms. The molecule has 1 aliphatic rings. The molecular formula is C13H18Cl2N2O2S2. The Balaban J connectivity index is 2.15. The topological polar surface area (TPSA) is 72.2 Å². The van der Waals surface area contributed by atoms with Crippen molar-refractivity contribution in [3.8, 4) is 0 Å². The molecule has 0 atom stereocenters. The van der Waals surface area contributed by atoms with Crippen molar-refractivity contribution in [3.63, 3.8) is 0 Å². The van der Waals surface area contributed by atoms with Crippen LogP contribution in [0.3, 0.4) is 0 Å². The molecule has 3 N–H and O–H groups in total. The first-order valence-corrected chi connectivity index (χ1v) is 10.2. The van der Waals surface area contributed by atoms with Gasteiger partial charge in [-0.15, -0.1) is 0 Å². The third-order valence-electron chi connectivity index (χ3n) is 3.71. The van der Waals surface area contributed by atoms with Crippen molar-refractivity contribution in [2.45, 2.75) is 41.9 Å². The number of nitrogens with two attached hydrogens (primary N) is 1. The fourth-order valence-electron chi connectivity index (χ4n) is 2.46. The Labute approximate surface area is 139 Å². The fourth-order valence-corrected chi connectivity index (χ4v) is 5.27. The van der Waals surface area contributed by atoms with Crippen molar-refractivity contribution >= 4 is 50.7 Å². The fraction of sp³-hybridized carbons (Fsp3) is 0.538.